The summed E-state index contributed by atoms with van der Waals surface area (Å²) in [4.78, 5) is 61.3. The molecule has 324 valence electrons. The van der Waals surface area contributed by atoms with E-state index in [1.807, 2.05) is 6.92 Å². The van der Waals surface area contributed by atoms with Crippen molar-refractivity contribution in [1.29, 1.82) is 0 Å². The van der Waals surface area contributed by atoms with Crippen LogP contribution in [0.1, 0.15) is 120 Å². The fraction of sp³-hybridized carbons (Fsp3) is 0.512. The van der Waals surface area contributed by atoms with Crippen LogP contribution >= 0.6 is 15.6 Å². The minimum atomic E-state index is -5.16. The maximum atomic E-state index is 13.9. The molecule has 4 rings (SSSR count). The topological polar surface area (TPSA) is 208 Å². The van der Waals surface area contributed by atoms with Crippen LogP contribution in [0, 0.1) is 6.92 Å². The monoisotopic (exact) mass is 862 g/mol. The SMILES string of the molecule is CCCCCCCCCCCC(=O)Oc1ccc(COP(=O)(OCc2ccc(OC(=O)CCCC)cc2)OP(=O)(O)OC[C@@H]2C=C[C@H](n3cc(C)c(=O)[nH]c3=O)O2)cc1. The lowest BCUT2D eigenvalue weighted by Gasteiger charge is -2.22. The first-order valence-electron chi connectivity index (χ1n) is 20.1. The van der Waals surface area contributed by atoms with E-state index in [1.54, 1.807) is 36.4 Å². The van der Waals surface area contributed by atoms with E-state index in [9.17, 15) is 33.2 Å². The van der Waals surface area contributed by atoms with E-state index in [1.165, 1.54) is 69.5 Å². The van der Waals surface area contributed by atoms with E-state index < -0.39 is 59.0 Å². The van der Waals surface area contributed by atoms with Crippen LogP contribution in [0.25, 0.3) is 0 Å². The number of rotatable bonds is 27. The van der Waals surface area contributed by atoms with Crippen molar-refractivity contribution in [3.05, 3.63) is 104 Å². The van der Waals surface area contributed by atoms with E-state index in [2.05, 4.69) is 11.9 Å². The second-order valence-corrected chi connectivity index (χ2v) is 17.4. The summed E-state index contributed by atoms with van der Waals surface area (Å²) >= 11 is 0. The fourth-order valence-electron chi connectivity index (χ4n) is 5.80. The Bertz CT molecular complexity index is 2030. The average molecular weight is 863 g/mol. The molecule has 1 aromatic heterocycles. The lowest BCUT2D eigenvalue weighted by molar-refractivity contribution is -0.135. The largest absolute Gasteiger partial charge is 0.484 e. The molecule has 0 aliphatic carbocycles. The van der Waals surface area contributed by atoms with E-state index in [0.717, 1.165) is 36.7 Å². The van der Waals surface area contributed by atoms with Gasteiger partial charge in [0.25, 0.3) is 5.56 Å². The molecular weight excluding hydrogens is 806 g/mol. The van der Waals surface area contributed by atoms with Crippen LogP contribution in [0.3, 0.4) is 0 Å². The van der Waals surface area contributed by atoms with Gasteiger partial charge in [-0.1, -0.05) is 102 Å². The number of carbonyl (C=O) groups is 2. The highest BCUT2D eigenvalue weighted by molar-refractivity contribution is 7.61. The second kappa shape index (κ2) is 24.3. The molecule has 3 aromatic rings. The Balaban J connectivity index is 1.33. The highest BCUT2D eigenvalue weighted by Gasteiger charge is 2.39. The van der Waals surface area contributed by atoms with Crippen LogP contribution < -0.4 is 20.7 Å². The summed E-state index contributed by atoms with van der Waals surface area (Å²) in [7, 11) is -10.0. The smallest absolute Gasteiger partial charge is 0.427 e. The molecule has 59 heavy (non-hydrogen) atoms. The van der Waals surface area contributed by atoms with Gasteiger partial charge in [0.15, 0.2) is 6.23 Å². The summed E-state index contributed by atoms with van der Waals surface area (Å²) in [5, 5.41) is 0. The van der Waals surface area contributed by atoms with Gasteiger partial charge in [0, 0.05) is 24.6 Å². The number of carbonyl (C=O) groups excluding carboxylic acids is 2. The van der Waals surface area contributed by atoms with Gasteiger partial charge in [0.1, 0.15) is 17.6 Å². The van der Waals surface area contributed by atoms with Crippen molar-refractivity contribution in [1.82, 2.24) is 9.55 Å². The summed E-state index contributed by atoms with van der Waals surface area (Å²) < 4.78 is 65.9. The summed E-state index contributed by atoms with van der Waals surface area (Å²) in [6.45, 7) is 4.31. The number of phosphoric ester groups is 2. The third-order valence-electron chi connectivity index (χ3n) is 9.14. The van der Waals surface area contributed by atoms with Gasteiger partial charge in [-0.15, -0.1) is 0 Å². The van der Waals surface area contributed by atoms with Crippen LogP contribution in [0.4, 0.5) is 0 Å². The fourth-order valence-corrected chi connectivity index (χ4v) is 8.40. The molecule has 2 aromatic carbocycles. The molecule has 1 aliphatic rings. The number of hydrogen-bond donors (Lipinski definition) is 2. The van der Waals surface area contributed by atoms with Gasteiger partial charge >= 0.3 is 33.3 Å². The van der Waals surface area contributed by atoms with Crippen LogP contribution in [0.15, 0.2) is 76.5 Å². The van der Waals surface area contributed by atoms with Crippen molar-refractivity contribution in [2.45, 2.75) is 130 Å². The van der Waals surface area contributed by atoms with Crippen molar-refractivity contribution < 1.29 is 55.7 Å². The zero-order chi connectivity index (χ0) is 42.7. The molecule has 0 saturated carbocycles. The molecule has 0 radical (unpaired) electrons. The first-order chi connectivity index (χ1) is 28.3. The zero-order valence-corrected chi connectivity index (χ0v) is 35.7. The maximum Gasteiger partial charge on any atom is 0.484 e. The third-order valence-corrected chi connectivity index (χ3v) is 12.1. The van der Waals surface area contributed by atoms with Crippen LogP contribution in [-0.4, -0.2) is 39.1 Å². The molecule has 1 aliphatic heterocycles. The molecule has 2 unspecified atom stereocenters. The number of aryl methyl sites for hydroxylation is 1. The van der Waals surface area contributed by atoms with E-state index in [4.69, 9.17) is 32.1 Å². The molecule has 2 N–H and O–H groups in total. The number of nitrogens with one attached hydrogen (secondary N) is 1. The molecule has 0 fully saturated rings. The Kier molecular flexibility index (Phi) is 19.7. The average Bonchev–Trinajstić information content (AvgIpc) is 3.68. The number of hydrogen-bond acceptors (Lipinski definition) is 13. The molecule has 0 amide bonds. The number of nitrogens with zero attached hydrogens (tertiary/aromatic N) is 1. The molecule has 18 heteroatoms. The van der Waals surface area contributed by atoms with Crippen molar-refractivity contribution in [3.8, 4) is 11.5 Å². The second-order valence-electron chi connectivity index (χ2n) is 14.2. The highest BCUT2D eigenvalue weighted by Crippen LogP contribution is 2.64. The number of esters is 2. The van der Waals surface area contributed by atoms with Gasteiger partial charge in [-0.05, 0) is 61.2 Å². The molecular formula is C41H56N2O14P2. The van der Waals surface area contributed by atoms with E-state index in [0.29, 0.717) is 35.5 Å². The van der Waals surface area contributed by atoms with E-state index >= 15 is 0 Å². The van der Waals surface area contributed by atoms with Gasteiger partial charge in [-0.25, -0.2) is 13.9 Å². The molecule has 0 spiro atoms. The predicted molar refractivity (Wildman–Crippen MR) is 219 cm³/mol. The minimum absolute atomic E-state index is 0.270. The Morgan fingerprint density at radius 3 is 1.78 bits per heavy atom. The quantitative estimate of drug-likeness (QED) is 0.0241. The number of ether oxygens (including phenoxy) is 3. The van der Waals surface area contributed by atoms with Crippen LogP contribution in [-0.2, 0) is 54.6 Å². The Morgan fingerprint density at radius 2 is 1.24 bits per heavy atom. The summed E-state index contributed by atoms with van der Waals surface area (Å²) in [6.07, 6.45) is 14.7. The van der Waals surface area contributed by atoms with Gasteiger partial charge in [0.05, 0.1) is 19.8 Å². The first-order valence-corrected chi connectivity index (χ1v) is 23.1. The zero-order valence-electron chi connectivity index (χ0n) is 33.9. The standard InChI is InChI=1S/C41H56N2O14P2/c1-4-6-8-9-10-11-12-13-14-16-39(45)56-35-23-19-33(20-24-35)29-53-59(50,52-28-32-17-21-34(22-18-32)55-38(44)15-7-5-2)57-58(48,49)51-30-36-25-26-37(54-36)43-27-31(3)40(46)42-41(43)47/h17-27,36-37H,4-16,28-30H2,1-3H3,(H,48,49)(H,42,46,47)/t36-,37+,59?/m0/s1. The highest BCUT2D eigenvalue weighted by atomic mass is 31.3. The van der Waals surface area contributed by atoms with Gasteiger partial charge in [0.2, 0.25) is 0 Å². The predicted octanol–water partition coefficient (Wildman–Crippen LogP) is 8.90. The Hall–Kier alpha value is -3.98. The van der Waals surface area contributed by atoms with Gasteiger partial charge in [-0.2, -0.15) is 4.31 Å². The van der Waals surface area contributed by atoms with Crippen molar-refractivity contribution in [2.75, 3.05) is 6.61 Å². The van der Waals surface area contributed by atoms with Gasteiger partial charge in [-0.3, -0.25) is 37.5 Å². The number of aromatic amines is 1. The van der Waals surface area contributed by atoms with Crippen molar-refractivity contribution in [2.24, 2.45) is 0 Å². The number of aromatic nitrogens is 2. The maximum absolute atomic E-state index is 13.9. The number of phosphoric acid groups is 2. The summed E-state index contributed by atoms with van der Waals surface area (Å²) in [5.41, 5.74) is -0.103. The lowest BCUT2D eigenvalue weighted by atomic mass is 10.1. The molecule has 0 bridgehead atoms. The number of benzene rings is 2. The molecule has 0 saturated heterocycles. The molecule has 2 heterocycles. The lowest BCUT2D eigenvalue weighted by Crippen LogP contribution is -2.33. The molecule has 16 nitrogen and oxygen atoms in total. The Labute approximate surface area is 344 Å². The summed E-state index contributed by atoms with van der Waals surface area (Å²) in [6, 6.07) is 12.4. The van der Waals surface area contributed by atoms with Crippen LogP contribution in [0.5, 0.6) is 11.5 Å². The normalized spacial score (nSPS) is 17.0. The number of unbranched alkanes of at least 4 members (excludes halogenated alkanes) is 9. The van der Waals surface area contributed by atoms with Crippen molar-refractivity contribution >= 4 is 27.6 Å². The summed E-state index contributed by atoms with van der Waals surface area (Å²) in [5.74, 6) is -0.124. The van der Waals surface area contributed by atoms with E-state index in [-0.39, 0.29) is 23.9 Å². The minimum Gasteiger partial charge on any atom is -0.427 e. The van der Waals surface area contributed by atoms with Crippen molar-refractivity contribution in [3.63, 3.8) is 0 Å². The third kappa shape index (κ3) is 17.3. The van der Waals surface area contributed by atoms with Crippen LogP contribution in [0.2, 0.25) is 0 Å². The first kappa shape index (κ1) is 47.7. The number of H-pyrrole nitrogens is 1. The van der Waals surface area contributed by atoms with Gasteiger partial charge < -0.3 is 19.1 Å². The molecule has 4 atom stereocenters. The Morgan fingerprint density at radius 1 is 0.729 bits per heavy atom.